The Morgan fingerprint density at radius 2 is 2.28 bits per heavy atom. The van der Waals surface area contributed by atoms with Gasteiger partial charge < -0.3 is 5.11 Å². The van der Waals surface area contributed by atoms with Crippen LogP contribution in [0.3, 0.4) is 0 Å². The van der Waals surface area contributed by atoms with Gasteiger partial charge in [0.25, 0.3) is 0 Å². The van der Waals surface area contributed by atoms with Crippen molar-refractivity contribution < 1.29 is 23.6 Å². The summed E-state index contributed by atoms with van der Waals surface area (Å²) in [5.74, 6) is -1.69. The van der Waals surface area contributed by atoms with E-state index in [1.165, 1.54) is 6.07 Å². The molecule has 2 N–H and O–H groups in total. The molecule has 1 aliphatic heterocycles. The van der Waals surface area contributed by atoms with Gasteiger partial charge in [-0.25, -0.2) is 9.59 Å². The van der Waals surface area contributed by atoms with Crippen LogP contribution in [0.4, 0.5) is 10.5 Å². The molecule has 1 fully saturated rings. The second-order valence-electron chi connectivity index (χ2n) is 3.79. The fraction of sp³-hybridized carbons (Fsp3) is 0.250. The van der Waals surface area contributed by atoms with Crippen LogP contribution in [-0.2, 0) is 4.79 Å². The normalized spacial score (nSPS) is 18.7. The zero-order chi connectivity index (χ0) is 15.8. The predicted molar refractivity (Wildman–Crippen MR) is 63.6 cm³/mol. The van der Waals surface area contributed by atoms with Crippen molar-refractivity contribution in [2.75, 3.05) is 11.4 Å². The molecule has 1 heterocycles. The van der Waals surface area contributed by atoms with E-state index in [2.05, 4.69) is 5.32 Å². The molecular formula is C12H12N2O4. The van der Waals surface area contributed by atoms with Crippen molar-refractivity contribution in [1.29, 1.82) is 0 Å². The maximum absolute atomic E-state index is 11.8. The van der Waals surface area contributed by atoms with Gasteiger partial charge in [0.1, 0.15) is 0 Å². The monoisotopic (exact) mass is 251 g/mol. The Morgan fingerprint density at radius 1 is 1.50 bits per heavy atom. The van der Waals surface area contributed by atoms with Crippen molar-refractivity contribution in [1.82, 2.24) is 5.32 Å². The molecule has 0 radical (unpaired) electrons. The maximum Gasteiger partial charge on any atom is 0.335 e. The van der Waals surface area contributed by atoms with Crippen molar-refractivity contribution in [3.8, 4) is 0 Å². The second kappa shape index (κ2) is 4.48. The number of nitrogens with one attached hydrogen (secondary N) is 1. The summed E-state index contributed by atoms with van der Waals surface area (Å²) in [5.41, 5.74) is -0.306. The van der Waals surface area contributed by atoms with Crippen LogP contribution in [0.2, 0.25) is 0 Å². The highest BCUT2D eigenvalue weighted by Crippen LogP contribution is 2.23. The zero-order valence-electron chi connectivity index (χ0n) is 12.3. The van der Waals surface area contributed by atoms with Crippen molar-refractivity contribution in [3.63, 3.8) is 0 Å². The number of carboxylic acids is 1. The summed E-state index contributed by atoms with van der Waals surface area (Å²) in [7, 11) is 0. The largest absolute Gasteiger partial charge is 0.478 e. The molecule has 0 atom stereocenters. The molecule has 0 saturated carbocycles. The van der Waals surface area contributed by atoms with Crippen LogP contribution in [-0.4, -0.2) is 29.6 Å². The molecule has 0 aromatic heterocycles. The molecule has 18 heavy (non-hydrogen) atoms. The van der Waals surface area contributed by atoms with Gasteiger partial charge in [0.05, 0.1) is 5.56 Å². The van der Waals surface area contributed by atoms with Gasteiger partial charge in [-0.15, -0.1) is 0 Å². The lowest BCUT2D eigenvalue weighted by atomic mass is 10.1. The van der Waals surface area contributed by atoms with E-state index in [9.17, 15) is 14.4 Å². The Kier molecular flexibility index (Phi) is 2.16. The molecule has 1 aromatic carbocycles. The molecule has 2 rings (SSSR count). The first-order valence-electron chi connectivity index (χ1n) is 6.69. The Bertz CT molecular complexity index is 627. The van der Waals surface area contributed by atoms with Crippen LogP contribution in [0.15, 0.2) is 18.2 Å². The first-order valence-corrected chi connectivity index (χ1v) is 5.19. The summed E-state index contributed by atoms with van der Waals surface area (Å²) in [4.78, 5) is 35.1. The number of nitrogens with zero attached hydrogens (tertiary/aromatic N) is 1. The first-order chi connectivity index (χ1) is 9.70. The van der Waals surface area contributed by atoms with Crippen molar-refractivity contribution in [2.45, 2.75) is 13.3 Å². The van der Waals surface area contributed by atoms with E-state index in [1.807, 2.05) is 0 Å². The van der Waals surface area contributed by atoms with Crippen LogP contribution in [0.5, 0.6) is 0 Å². The number of hydrogen-bond acceptors (Lipinski definition) is 3. The number of anilines is 1. The quantitative estimate of drug-likeness (QED) is 0.825. The fourth-order valence-corrected chi connectivity index (χ4v) is 1.68. The SMILES string of the molecule is [2H]C([2H])([2H])c1ccc(C(=O)O)cc1N1CCC(=O)NC1=O. The van der Waals surface area contributed by atoms with Crippen LogP contribution in [0, 0.1) is 6.85 Å². The minimum Gasteiger partial charge on any atom is -0.478 e. The molecular weight excluding hydrogens is 236 g/mol. The summed E-state index contributed by atoms with van der Waals surface area (Å²) < 4.78 is 22.4. The highest BCUT2D eigenvalue weighted by atomic mass is 16.4. The average Bonchev–Trinajstić information content (AvgIpc) is 2.36. The molecule has 1 saturated heterocycles. The summed E-state index contributed by atoms with van der Waals surface area (Å²) >= 11 is 0. The summed E-state index contributed by atoms with van der Waals surface area (Å²) in [6.45, 7) is -2.51. The number of carbonyl (C=O) groups excluding carboxylic acids is 2. The van der Waals surface area contributed by atoms with Crippen molar-refractivity contribution in [3.05, 3.63) is 29.3 Å². The Balaban J connectivity index is 2.53. The summed E-state index contributed by atoms with van der Waals surface area (Å²) in [6.07, 6.45) is 0.0173. The van der Waals surface area contributed by atoms with Gasteiger partial charge in [-0.05, 0) is 24.5 Å². The number of amides is 3. The lowest BCUT2D eigenvalue weighted by Crippen LogP contribution is -2.49. The number of hydrogen-bond donors (Lipinski definition) is 2. The number of carbonyl (C=O) groups is 3. The van der Waals surface area contributed by atoms with E-state index in [4.69, 9.17) is 9.22 Å². The summed E-state index contributed by atoms with van der Waals surface area (Å²) in [6, 6.07) is 2.69. The number of carboxylic acid groups (broad SMARTS) is 1. The molecule has 94 valence electrons. The highest BCUT2D eigenvalue weighted by Gasteiger charge is 2.25. The smallest absolute Gasteiger partial charge is 0.335 e. The molecule has 3 amide bonds. The highest BCUT2D eigenvalue weighted by molar-refractivity contribution is 6.06. The number of rotatable bonds is 2. The summed E-state index contributed by atoms with van der Waals surface area (Å²) in [5, 5.41) is 11.1. The van der Waals surface area contributed by atoms with E-state index in [1.54, 1.807) is 0 Å². The third kappa shape index (κ3) is 2.17. The minimum atomic E-state index is -2.51. The Morgan fingerprint density at radius 3 is 2.89 bits per heavy atom. The molecule has 6 nitrogen and oxygen atoms in total. The number of benzene rings is 1. The van der Waals surface area contributed by atoms with Gasteiger partial charge in [-0.1, -0.05) is 6.07 Å². The van der Waals surface area contributed by atoms with Crippen molar-refractivity contribution >= 4 is 23.6 Å². The lowest BCUT2D eigenvalue weighted by Gasteiger charge is -2.28. The Hall–Kier alpha value is -2.37. The molecule has 0 spiro atoms. The number of aromatic carboxylic acids is 1. The van der Waals surface area contributed by atoms with Crippen LogP contribution in [0.25, 0.3) is 0 Å². The average molecular weight is 251 g/mol. The van der Waals surface area contributed by atoms with E-state index >= 15 is 0 Å². The van der Waals surface area contributed by atoms with Gasteiger partial charge in [-0.2, -0.15) is 0 Å². The Labute approximate surface area is 107 Å². The van der Waals surface area contributed by atoms with Gasteiger partial charge in [-0.3, -0.25) is 15.0 Å². The number of urea groups is 1. The van der Waals surface area contributed by atoms with E-state index in [0.717, 1.165) is 17.0 Å². The predicted octanol–water partition coefficient (Wildman–Crippen LogP) is 1.14. The van der Waals surface area contributed by atoms with Crippen LogP contribution < -0.4 is 10.2 Å². The van der Waals surface area contributed by atoms with Crippen LogP contribution >= 0.6 is 0 Å². The minimum absolute atomic E-state index is 0.00316. The van der Waals surface area contributed by atoms with Gasteiger partial charge >= 0.3 is 12.0 Å². The number of aryl methyl sites for hydroxylation is 1. The third-order valence-corrected chi connectivity index (χ3v) is 2.59. The third-order valence-electron chi connectivity index (χ3n) is 2.59. The molecule has 0 aliphatic carbocycles. The van der Waals surface area contributed by atoms with Gasteiger partial charge in [0.2, 0.25) is 5.91 Å². The van der Waals surface area contributed by atoms with Crippen molar-refractivity contribution in [2.24, 2.45) is 0 Å². The van der Waals surface area contributed by atoms with Gasteiger partial charge in [0.15, 0.2) is 0 Å². The lowest BCUT2D eigenvalue weighted by molar-refractivity contribution is -0.120. The zero-order valence-corrected chi connectivity index (χ0v) is 9.27. The maximum atomic E-state index is 11.8. The molecule has 0 bridgehead atoms. The van der Waals surface area contributed by atoms with Crippen LogP contribution in [0.1, 0.15) is 26.5 Å². The fourth-order valence-electron chi connectivity index (χ4n) is 1.68. The van der Waals surface area contributed by atoms with Gasteiger partial charge in [0, 0.05) is 22.8 Å². The second-order valence-corrected chi connectivity index (χ2v) is 3.79. The van der Waals surface area contributed by atoms with E-state index in [0.29, 0.717) is 0 Å². The number of imide groups is 1. The molecule has 1 aliphatic rings. The molecule has 0 unspecified atom stereocenters. The van der Waals surface area contributed by atoms with E-state index < -0.39 is 24.8 Å². The molecule has 6 heteroatoms. The topological polar surface area (TPSA) is 86.7 Å². The molecule has 1 aromatic rings. The van der Waals surface area contributed by atoms with E-state index in [-0.39, 0.29) is 29.8 Å². The standard InChI is InChI=1S/C12H12N2O4/c1-7-2-3-8(11(16)17)6-9(7)14-5-4-10(15)13-12(14)18/h2-3,6H,4-5H2,1H3,(H,16,17)(H,13,15,18)/i1D3. The first kappa shape index (κ1) is 8.68.